The number of aliphatic hydroxyl groups is 2. The lowest BCUT2D eigenvalue weighted by Crippen LogP contribution is -2.60. The number of hydrogen-bond donors (Lipinski definition) is 2. The highest BCUT2D eigenvalue weighted by molar-refractivity contribution is 5.96. The molecular weight excluding hydrogens is 757 g/mol. The minimum atomic E-state index is -1.60. The lowest BCUT2D eigenvalue weighted by molar-refractivity contribution is -0.382. The number of methoxy groups -OCH3 is 1. The van der Waals surface area contributed by atoms with Gasteiger partial charge in [-0.2, -0.15) is 0 Å². The van der Waals surface area contributed by atoms with Gasteiger partial charge in [0.15, 0.2) is 29.4 Å². The summed E-state index contributed by atoms with van der Waals surface area (Å²) in [6.07, 6.45) is 8.23. The molecule has 6 fully saturated rings. The molecule has 2 N–H and O–H groups in total. The van der Waals surface area contributed by atoms with Crippen LogP contribution in [0.2, 0.25) is 0 Å². The van der Waals surface area contributed by atoms with Gasteiger partial charge < -0.3 is 52.9 Å². The number of aliphatic hydroxyl groups excluding tert-OH is 1. The summed E-state index contributed by atoms with van der Waals surface area (Å²) in [5, 5.41) is 21.3. The van der Waals surface area contributed by atoms with Crippen molar-refractivity contribution in [1.29, 1.82) is 0 Å². The fourth-order valence-electron chi connectivity index (χ4n) is 11.7. The minimum absolute atomic E-state index is 0.0249. The van der Waals surface area contributed by atoms with E-state index in [9.17, 15) is 19.8 Å². The third-order valence-corrected chi connectivity index (χ3v) is 15.7. The average molecular weight is 835 g/mol. The first-order valence-electron chi connectivity index (χ1n) is 23.0. The molecule has 12 nitrogen and oxygen atoms in total. The molecule has 6 rings (SSSR count). The molecular formula is C47H78O12. The molecule has 6 heterocycles. The maximum absolute atomic E-state index is 13.5. The Bertz CT molecular complexity index is 1490. The lowest BCUT2D eigenvalue weighted by atomic mass is 9.78. The summed E-state index contributed by atoms with van der Waals surface area (Å²) in [5.41, 5.74) is -0.0143. The molecule has 338 valence electrons. The zero-order valence-electron chi connectivity index (χ0n) is 38.1. The molecule has 20 unspecified atom stereocenters. The molecule has 0 amide bonds. The van der Waals surface area contributed by atoms with Crippen molar-refractivity contribution in [3.05, 3.63) is 11.6 Å². The second kappa shape index (κ2) is 18.4. The summed E-state index contributed by atoms with van der Waals surface area (Å²) in [4.78, 5) is 24.8. The topological polar surface area (TPSA) is 148 Å². The van der Waals surface area contributed by atoms with Gasteiger partial charge in [-0.05, 0) is 77.2 Å². The van der Waals surface area contributed by atoms with Gasteiger partial charge in [0.05, 0.1) is 54.9 Å². The number of ether oxygens (including phenoxy) is 8. The van der Waals surface area contributed by atoms with Crippen molar-refractivity contribution in [3.63, 3.8) is 0 Å². The highest BCUT2D eigenvalue weighted by Crippen LogP contribution is 2.57. The Morgan fingerprint density at radius 1 is 0.881 bits per heavy atom. The van der Waals surface area contributed by atoms with Crippen molar-refractivity contribution >= 4 is 12.1 Å². The van der Waals surface area contributed by atoms with E-state index >= 15 is 0 Å². The first-order chi connectivity index (χ1) is 27.7. The molecule has 0 aromatic rings. The van der Waals surface area contributed by atoms with Crippen LogP contribution in [0.25, 0.3) is 0 Å². The van der Waals surface area contributed by atoms with Gasteiger partial charge in [-0.1, -0.05) is 61.5 Å². The van der Waals surface area contributed by atoms with Crippen LogP contribution in [0.4, 0.5) is 0 Å². The second-order valence-electron chi connectivity index (χ2n) is 20.3. The molecule has 0 aliphatic carbocycles. The Morgan fingerprint density at radius 3 is 2.27 bits per heavy atom. The molecule has 0 aromatic heterocycles. The quantitative estimate of drug-likeness (QED) is 0.142. The van der Waals surface area contributed by atoms with E-state index in [0.717, 1.165) is 44.8 Å². The monoisotopic (exact) mass is 835 g/mol. The van der Waals surface area contributed by atoms with Gasteiger partial charge in [0.2, 0.25) is 0 Å². The molecule has 0 bridgehead atoms. The number of Topliss-reactive ketones (excluding diaryl/α,β-unsaturated/α-hetero) is 1. The van der Waals surface area contributed by atoms with E-state index in [1.807, 2.05) is 40.7 Å². The van der Waals surface area contributed by atoms with E-state index in [4.69, 9.17) is 37.9 Å². The standard InChI is InChI=1S/C47H78O12/c1-26(24-48)19-28(3)42(50)29(4)20-27(2)37-23-38(54-41-16-14-36(52-12)35(10)53-41)34(9)46(55-37)18-17-44(11,59-46)40-15-13-31(6)47(57-40)33(8)22-39(56-47)43-30(5)21-32(7)45(51,25-49)58-43/h20,24,26-28,30-41,43,49,51H,13-19,21-23,25H2,1-12H3/b29-20+. The van der Waals surface area contributed by atoms with Gasteiger partial charge in [-0.25, -0.2) is 0 Å². The summed E-state index contributed by atoms with van der Waals surface area (Å²) in [6.45, 7) is 22.1. The maximum atomic E-state index is 13.5. The van der Waals surface area contributed by atoms with E-state index < -0.39 is 29.6 Å². The molecule has 12 heteroatoms. The van der Waals surface area contributed by atoms with Crippen LogP contribution in [0.5, 0.6) is 0 Å². The van der Waals surface area contributed by atoms with Crippen molar-refractivity contribution in [2.24, 2.45) is 47.3 Å². The van der Waals surface area contributed by atoms with Crippen molar-refractivity contribution in [3.8, 4) is 0 Å². The van der Waals surface area contributed by atoms with Crippen LogP contribution in [0.15, 0.2) is 11.6 Å². The fraction of sp³-hybridized carbons (Fsp3) is 0.915. The Kier molecular flexibility index (Phi) is 14.7. The summed E-state index contributed by atoms with van der Waals surface area (Å²) in [5.74, 6) is -3.94. The highest BCUT2D eigenvalue weighted by atomic mass is 16.8. The van der Waals surface area contributed by atoms with Crippen molar-refractivity contribution in [1.82, 2.24) is 0 Å². The number of ketones is 1. The Morgan fingerprint density at radius 2 is 1.61 bits per heavy atom. The fourth-order valence-corrected chi connectivity index (χ4v) is 11.7. The van der Waals surface area contributed by atoms with Gasteiger partial charge in [0.25, 0.3) is 0 Å². The van der Waals surface area contributed by atoms with Crippen LogP contribution in [-0.4, -0.2) is 108 Å². The lowest BCUT2D eigenvalue weighted by Gasteiger charge is -2.52. The molecule has 6 aliphatic rings. The largest absolute Gasteiger partial charge is 0.391 e. The van der Waals surface area contributed by atoms with E-state index in [1.54, 1.807) is 7.11 Å². The molecule has 0 saturated carbocycles. The maximum Gasteiger partial charge on any atom is 0.192 e. The Labute approximate surface area is 354 Å². The van der Waals surface area contributed by atoms with Crippen LogP contribution < -0.4 is 0 Å². The normalized spacial score (nSPS) is 48.6. The minimum Gasteiger partial charge on any atom is -0.391 e. The SMILES string of the molecule is COC1CCC(OC2CC(C(C)/C=C(\C)C(=O)C(C)CC(C)C=O)OC3(CCC(C)(C4CCC(C)C5(OC(C6OC(O)(CO)C(C)CC6C)CC5C)O4)O3)C2C)OC1C. The summed E-state index contributed by atoms with van der Waals surface area (Å²) >= 11 is 0. The Balaban J connectivity index is 1.22. The van der Waals surface area contributed by atoms with Crippen molar-refractivity contribution < 1.29 is 57.7 Å². The number of aldehydes is 1. The predicted octanol–water partition coefficient (Wildman–Crippen LogP) is 7.29. The van der Waals surface area contributed by atoms with E-state index in [0.29, 0.717) is 31.3 Å². The van der Waals surface area contributed by atoms with Crippen LogP contribution in [0, 0.1) is 47.3 Å². The third-order valence-electron chi connectivity index (χ3n) is 15.7. The number of carbonyl (C=O) groups excluding carboxylic acids is 2. The zero-order chi connectivity index (χ0) is 43.2. The van der Waals surface area contributed by atoms with Crippen molar-refractivity contribution in [2.45, 2.75) is 212 Å². The third kappa shape index (κ3) is 9.34. The van der Waals surface area contributed by atoms with Crippen LogP contribution in [0.3, 0.4) is 0 Å². The highest BCUT2D eigenvalue weighted by Gasteiger charge is 2.64. The number of rotatable bonds is 13. The average Bonchev–Trinajstić information content (AvgIpc) is 3.72. The van der Waals surface area contributed by atoms with Crippen molar-refractivity contribution in [2.75, 3.05) is 13.7 Å². The summed E-state index contributed by atoms with van der Waals surface area (Å²) < 4.78 is 54.1. The van der Waals surface area contributed by atoms with E-state index in [2.05, 4.69) is 41.5 Å². The molecule has 20 atom stereocenters. The molecule has 2 spiro atoms. The number of carbonyl (C=O) groups is 2. The molecule has 6 aliphatic heterocycles. The second-order valence-corrected chi connectivity index (χ2v) is 20.3. The summed E-state index contributed by atoms with van der Waals surface area (Å²) in [7, 11) is 1.72. The van der Waals surface area contributed by atoms with Gasteiger partial charge in [0.1, 0.15) is 6.29 Å². The molecule has 59 heavy (non-hydrogen) atoms. The molecule has 0 radical (unpaired) electrons. The van der Waals surface area contributed by atoms with Gasteiger partial charge in [-0.3, -0.25) is 4.79 Å². The smallest absolute Gasteiger partial charge is 0.192 e. The van der Waals surface area contributed by atoms with Crippen LogP contribution in [0.1, 0.15) is 140 Å². The van der Waals surface area contributed by atoms with E-state index in [1.165, 1.54) is 0 Å². The predicted molar refractivity (Wildman–Crippen MR) is 221 cm³/mol. The Hall–Kier alpha value is -1.32. The van der Waals surface area contributed by atoms with Crippen LogP contribution >= 0.6 is 0 Å². The first-order valence-corrected chi connectivity index (χ1v) is 23.0. The number of allylic oxidation sites excluding steroid dienone is 1. The zero-order valence-corrected chi connectivity index (χ0v) is 38.1. The van der Waals surface area contributed by atoms with E-state index in [-0.39, 0.29) is 102 Å². The molecule has 6 saturated heterocycles. The van der Waals surface area contributed by atoms with Gasteiger partial charge >= 0.3 is 0 Å². The first kappa shape index (κ1) is 47.2. The summed E-state index contributed by atoms with van der Waals surface area (Å²) in [6, 6.07) is 0. The molecule has 0 aromatic carbocycles. The van der Waals surface area contributed by atoms with Gasteiger partial charge in [0, 0.05) is 67.8 Å². The van der Waals surface area contributed by atoms with Crippen LogP contribution in [-0.2, 0) is 47.5 Å². The number of hydrogen-bond acceptors (Lipinski definition) is 12. The van der Waals surface area contributed by atoms with Gasteiger partial charge in [-0.15, -0.1) is 0 Å².